The fraction of sp³-hybridized carbons (Fsp3) is 0.267. The van der Waals surface area contributed by atoms with Crippen LogP contribution in [0, 0.1) is 0 Å². The van der Waals surface area contributed by atoms with E-state index < -0.39 is 0 Å². The van der Waals surface area contributed by atoms with Crippen molar-refractivity contribution >= 4 is 34.0 Å². The minimum Gasteiger partial charge on any atom is -0.328 e. The van der Waals surface area contributed by atoms with Crippen molar-refractivity contribution in [2.24, 2.45) is 7.05 Å². The van der Waals surface area contributed by atoms with Gasteiger partial charge in [-0.3, -0.25) is 0 Å². The maximum absolute atomic E-state index is 6.31. The van der Waals surface area contributed by atoms with Gasteiger partial charge in [0.1, 0.15) is 5.82 Å². The predicted molar refractivity (Wildman–Crippen MR) is 83.6 cm³/mol. The van der Waals surface area contributed by atoms with Gasteiger partial charge in [-0.05, 0) is 35.6 Å². The van der Waals surface area contributed by atoms with Gasteiger partial charge in [0.25, 0.3) is 0 Å². The number of aromatic nitrogens is 2. The van der Waals surface area contributed by atoms with Crippen LogP contribution in [-0.4, -0.2) is 16.1 Å². The van der Waals surface area contributed by atoms with E-state index in [1.807, 2.05) is 36.6 Å². The van der Waals surface area contributed by atoms with E-state index in [4.69, 9.17) is 16.6 Å². The molecule has 1 atom stereocenters. The van der Waals surface area contributed by atoms with Crippen LogP contribution >= 0.6 is 22.9 Å². The van der Waals surface area contributed by atoms with Crippen LogP contribution < -0.4 is 5.32 Å². The Morgan fingerprint density at radius 1 is 1.40 bits per heavy atom. The Bertz CT molecular complexity index is 790. The second kappa shape index (κ2) is 4.58. The Morgan fingerprint density at radius 3 is 3.15 bits per heavy atom. The molecule has 3 heterocycles. The van der Waals surface area contributed by atoms with Crippen LogP contribution in [0.1, 0.15) is 22.3 Å². The molecule has 4 rings (SSSR count). The number of aryl methyl sites for hydroxylation is 1. The lowest BCUT2D eigenvalue weighted by atomic mass is 10.0. The van der Waals surface area contributed by atoms with Crippen molar-refractivity contribution in [1.29, 1.82) is 0 Å². The van der Waals surface area contributed by atoms with Crippen LogP contribution in [0.4, 0.5) is 0 Å². The van der Waals surface area contributed by atoms with Crippen molar-refractivity contribution in [3.05, 3.63) is 50.9 Å². The second-order valence-electron chi connectivity index (χ2n) is 5.07. The van der Waals surface area contributed by atoms with E-state index in [0.29, 0.717) is 0 Å². The number of thiophene rings is 1. The van der Waals surface area contributed by atoms with E-state index in [0.717, 1.165) is 34.8 Å². The summed E-state index contributed by atoms with van der Waals surface area (Å²) >= 11 is 8.15. The van der Waals surface area contributed by atoms with E-state index in [1.165, 1.54) is 10.4 Å². The minimum absolute atomic E-state index is 0.165. The van der Waals surface area contributed by atoms with Gasteiger partial charge in [-0.15, -0.1) is 11.3 Å². The first-order chi connectivity index (χ1) is 9.75. The Hall–Kier alpha value is -1.36. The maximum Gasteiger partial charge on any atom is 0.131 e. The monoisotopic (exact) mass is 303 g/mol. The summed E-state index contributed by atoms with van der Waals surface area (Å²) in [7, 11) is 2.04. The predicted octanol–water partition coefficient (Wildman–Crippen LogP) is 3.52. The van der Waals surface area contributed by atoms with Crippen LogP contribution in [0.3, 0.4) is 0 Å². The summed E-state index contributed by atoms with van der Waals surface area (Å²) in [5, 5.41) is 6.50. The van der Waals surface area contributed by atoms with Crippen LogP contribution in [0.2, 0.25) is 5.02 Å². The second-order valence-corrected chi connectivity index (χ2v) is 6.48. The molecular formula is C15H14ClN3S. The zero-order valence-electron chi connectivity index (χ0n) is 11.1. The number of benzene rings is 1. The quantitative estimate of drug-likeness (QED) is 0.745. The van der Waals surface area contributed by atoms with Gasteiger partial charge in [0.05, 0.1) is 22.1 Å². The van der Waals surface area contributed by atoms with Gasteiger partial charge in [-0.2, -0.15) is 0 Å². The van der Waals surface area contributed by atoms with Crippen molar-refractivity contribution < 1.29 is 0 Å². The van der Waals surface area contributed by atoms with Crippen molar-refractivity contribution in [3.8, 4) is 0 Å². The van der Waals surface area contributed by atoms with Crippen LogP contribution in [0.5, 0.6) is 0 Å². The number of rotatable bonds is 1. The van der Waals surface area contributed by atoms with Crippen molar-refractivity contribution in [2.45, 2.75) is 12.5 Å². The molecule has 1 aliphatic rings. The van der Waals surface area contributed by atoms with Gasteiger partial charge >= 0.3 is 0 Å². The summed E-state index contributed by atoms with van der Waals surface area (Å²) in [4.78, 5) is 6.26. The Balaban J connectivity index is 1.93. The average molecular weight is 304 g/mol. The van der Waals surface area contributed by atoms with Crippen molar-refractivity contribution in [1.82, 2.24) is 14.9 Å². The third kappa shape index (κ3) is 1.72. The molecule has 3 nitrogen and oxygen atoms in total. The molecule has 0 radical (unpaired) electrons. The summed E-state index contributed by atoms with van der Waals surface area (Å²) < 4.78 is 2.11. The first-order valence-corrected chi connectivity index (χ1v) is 7.92. The smallest absolute Gasteiger partial charge is 0.131 e. The molecule has 102 valence electrons. The van der Waals surface area contributed by atoms with Gasteiger partial charge < -0.3 is 9.88 Å². The number of hydrogen-bond acceptors (Lipinski definition) is 3. The van der Waals surface area contributed by atoms with E-state index >= 15 is 0 Å². The van der Waals surface area contributed by atoms with E-state index in [-0.39, 0.29) is 6.04 Å². The van der Waals surface area contributed by atoms with Crippen molar-refractivity contribution in [2.75, 3.05) is 6.54 Å². The molecule has 0 amide bonds. The Morgan fingerprint density at radius 2 is 2.30 bits per heavy atom. The number of halogens is 1. The third-order valence-corrected chi connectivity index (χ3v) is 5.23. The summed E-state index contributed by atoms with van der Waals surface area (Å²) in [6.07, 6.45) is 1.11. The summed E-state index contributed by atoms with van der Waals surface area (Å²) in [6.45, 7) is 0.995. The number of imidazole rings is 1. The molecule has 0 saturated carbocycles. The fourth-order valence-corrected chi connectivity index (χ4v) is 4.20. The minimum atomic E-state index is 0.165. The highest BCUT2D eigenvalue weighted by molar-refractivity contribution is 7.10. The van der Waals surface area contributed by atoms with Gasteiger partial charge in [-0.1, -0.05) is 17.7 Å². The largest absolute Gasteiger partial charge is 0.328 e. The number of fused-ring (bicyclic) bond motifs is 2. The van der Waals surface area contributed by atoms with E-state index in [9.17, 15) is 0 Å². The summed E-state index contributed by atoms with van der Waals surface area (Å²) in [6, 6.07) is 8.25. The third-order valence-electron chi connectivity index (χ3n) is 3.93. The first-order valence-electron chi connectivity index (χ1n) is 6.66. The van der Waals surface area contributed by atoms with E-state index in [1.54, 1.807) is 0 Å². The molecule has 5 heteroatoms. The molecule has 1 aromatic carbocycles. The molecule has 0 spiro atoms. The van der Waals surface area contributed by atoms with Crippen LogP contribution in [-0.2, 0) is 13.5 Å². The SMILES string of the molecule is Cn1c(C2NCCc3sccc32)nc2cccc(Cl)c21. The van der Waals surface area contributed by atoms with Gasteiger partial charge in [-0.25, -0.2) is 4.98 Å². The molecule has 20 heavy (non-hydrogen) atoms. The molecule has 3 aromatic rings. The number of hydrogen-bond donors (Lipinski definition) is 1. The van der Waals surface area contributed by atoms with Gasteiger partial charge in [0.15, 0.2) is 0 Å². The van der Waals surface area contributed by atoms with E-state index in [2.05, 4.69) is 21.3 Å². The molecular weight excluding hydrogens is 290 g/mol. The zero-order valence-corrected chi connectivity index (χ0v) is 12.6. The zero-order chi connectivity index (χ0) is 13.7. The molecule has 0 aliphatic carbocycles. The highest BCUT2D eigenvalue weighted by Gasteiger charge is 2.26. The number of para-hydroxylation sites is 1. The first kappa shape index (κ1) is 12.4. The Labute approximate surface area is 126 Å². The fourth-order valence-electron chi connectivity index (χ4n) is 2.98. The van der Waals surface area contributed by atoms with Crippen molar-refractivity contribution in [3.63, 3.8) is 0 Å². The molecule has 1 N–H and O–H groups in total. The summed E-state index contributed by atoms with van der Waals surface area (Å²) in [5.41, 5.74) is 3.32. The highest BCUT2D eigenvalue weighted by atomic mass is 35.5. The molecule has 0 saturated heterocycles. The molecule has 1 aliphatic heterocycles. The number of nitrogens with one attached hydrogen (secondary N) is 1. The lowest BCUT2D eigenvalue weighted by molar-refractivity contribution is 0.538. The normalized spacial score (nSPS) is 18.4. The molecule has 2 aromatic heterocycles. The van der Waals surface area contributed by atoms with Gasteiger partial charge in [0.2, 0.25) is 0 Å². The highest BCUT2D eigenvalue weighted by Crippen LogP contribution is 2.34. The molecule has 0 fully saturated rings. The maximum atomic E-state index is 6.31. The van der Waals surface area contributed by atoms with Gasteiger partial charge in [0, 0.05) is 18.5 Å². The lowest BCUT2D eigenvalue weighted by Gasteiger charge is -2.23. The number of nitrogens with zero attached hydrogens (tertiary/aromatic N) is 2. The molecule has 0 bridgehead atoms. The standard InChI is InChI=1S/C15H14ClN3S/c1-19-14-10(16)3-2-4-11(14)18-15(19)13-9-6-8-20-12(9)5-7-17-13/h2-4,6,8,13,17H,5,7H2,1H3. The van der Waals surface area contributed by atoms with Crippen LogP contribution in [0.15, 0.2) is 29.6 Å². The Kier molecular flexibility index (Phi) is 2.84. The average Bonchev–Trinajstić information content (AvgIpc) is 3.04. The van der Waals surface area contributed by atoms with Crippen LogP contribution in [0.25, 0.3) is 11.0 Å². The molecule has 1 unspecified atom stereocenters. The summed E-state index contributed by atoms with van der Waals surface area (Å²) in [5.74, 6) is 1.03. The topological polar surface area (TPSA) is 29.9 Å². The lowest BCUT2D eigenvalue weighted by Crippen LogP contribution is -2.31.